The second-order valence-electron chi connectivity index (χ2n) is 8.29. The van der Waals surface area contributed by atoms with Crippen LogP contribution >= 0.6 is 0 Å². The Hall–Kier alpha value is -3.32. The molecule has 2 aromatic carbocycles. The molecule has 1 aromatic heterocycles. The van der Waals surface area contributed by atoms with Gasteiger partial charge in [-0.2, -0.15) is 0 Å². The molecule has 1 aliphatic rings. The highest BCUT2D eigenvalue weighted by atomic mass is 16.4. The molecule has 1 fully saturated rings. The summed E-state index contributed by atoms with van der Waals surface area (Å²) < 4.78 is 1.80. The minimum absolute atomic E-state index is 0.189. The smallest absolute Gasteiger partial charge is 0.335 e. The van der Waals surface area contributed by atoms with Gasteiger partial charge in [-0.05, 0) is 37.6 Å². The van der Waals surface area contributed by atoms with Crippen LogP contribution in [0.5, 0.6) is 0 Å². The van der Waals surface area contributed by atoms with Gasteiger partial charge in [-0.25, -0.2) is 4.79 Å². The van der Waals surface area contributed by atoms with Crippen molar-refractivity contribution in [1.82, 2.24) is 9.47 Å². The zero-order valence-corrected chi connectivity index (χ0v) is 18.0. The van der Waals surface area contributed by atoms with Crippen molar-refractivity contribution in [2.45, 2.75) is 19.9 Å². The molecule has 0 aliphatic carbocycles. The third-order valence-electron chi connectivity index (χ3n) is 6.17. The quantitative estimate of drug-likeness (QED) is 0.656. The molecule has 2 heterocycles. The van der Waals surface area contributed by atoms with Crippen molar-refractivity contribution in [1.29, 1.82) is 0 Å². The van der Waals surface area contributed by atoms with Crippen molar-refractivity contribution in [3.8, 4) is 0 Å². The van der Waals surface area contributed by atoms with Gasteiger partial charge >= 0.3 is 11.9 Å². The van der Waals surface area contributed by atoms with E-state index < -0.39 is 18.0 Å². The number of carboxylic acids is 2. The van der Waals surface area contributed by atoms with Crippen LogP contribution in [-0.4, -0.2) is 57.8 Å². The van der Waals surface area contributed by atoms with Crippen molar-refractivity contribution >= 4 is 28.5 Å². The summed E-state index contributed by atoms with van der Waals surface area (Å²) in [4.78, 5) is 28.0. The number of aryl methyl sites for hydroxylation is 3. The Labute approximate surface area is 181 Å². The van der Waals surface area contributed by atoms with Crippen molar-refractivity contribution in [3.05, 3.63) is 64.8 Å². The standard InChI is InChI=1S/C24H27N3O4/c1-15-4-7-20(16(2)12-15)26-8-10-27(11-9-26)22(24(30)31)19-14-25(3)21-13-17(23(28)29)5-6-18(19)21/h4-7,12-14,22H,8-11H2,1-3H3,(H,28,29)(H,30,31)/t22-/m0/s1. The third kappa shape index (κ3) is 3.88. The summed E-state index contributed by atoms with van der Waals surface area (Å²) in [5, 5.41) is 20.1. The number of carbonyl (C=O) groups is 2. The molecular formula is C24H27N3O4. The zero-order chi connectivity index (χ0) is 22.3. The van der Waals surface area contributed by atoms with Crippen LogP contribution < -0.4 is 4.90 Å². The predicted molar refractivity (Wildman–Crippen MR) is 120 cm³/mol. The molecular weight excluding hydrogens is 394 g/mol. The number of piperazine rings is 1. The minimum atomic E-state index is -0.998. The number of benzene rings is 2. The Kier molecular flexibility index (Phi) is 5.45. The highest BCUT2D eigenvalue weighted by molar-refractivity contribution is 5.96. The van der Waals surface area contributed by atoms with Gasteiger partial charge in [-0.15, -0.1) is 0 Å². The molecule has 7 heteroatoms. The first-order valence-electron chi connectivity index (χ1n) is 10.4. The number of rotatable bonds is 5. The topological polar surface area (TPSA) is 86.0 Å². The number of aromatic nitrogens is 1. The maximum atomic E-state index is 12.3. The van der Waals surface area contributed by atoms with Crippen LogP contribution in [0.25, 0.3) is 10.9 Å². The van der Waals surface area contributed by atoms with E-state index in [4.69, 9.17) is 0 Å². The van der Waals surface area contributed by atoms with E-state index in [1.807, 2.05) is 18.1 Å². The van der Waals surface area contributed by atoms with Crippen LogP contribution in [-0.2, 0) is 11.8 Å². The molecule has 1 atom stereocenters. The lowest BCUT2D eigenvalue weighted by molar-refractivity contribution is -0.143. The fourth-order valence-electron chi connectivity index (χ4n) is 4.63. The molecule has 0 unspecified atom stereocenters. The normalized spacial score (nSPS) is 15.9. The van der Waals surface area contributed by atoms with Gasteiger partial charge in [0.1, 0.15) is 6.04 Å². The van der Waals surface area contributed by atoms with Gasteiger partial charge in [-0.3, -0.25) is 9.69 Å². The van der Waals surface area contributed by atoms with E-state index in [0.717, 1.165) is 24.0 Å². The number of fused-ring (bicyclic) bond motifs is 1. The van der Waals surface area contributed by atoms with Crippen molar-refractivity contribution in [2.24, 2.45) is 7.05 Å². The molecule has 0 radical (unpaired) electrons. The first-order valence-corrected chi connectivity index (χ1v) is 10.4. The largest absolute Gasteiger partial charge is 0.480 e. The molecule has 7 nitrogen and oxygen atoms in total. The summed E-state index contributed by atoms with van der Waals surface area (Å²) in [5.74, 6) is -1.89. The molecule has 162 valence electrons. The van der Waals surface area contributed by atoms with Gasteiger partial charge in [0.25, 0.3) is 0 Å². The first-order chi connectivity index (χ1) is 14.8. The van der Waals surface area contributed by atoms with Gasteiger partial charge < -0.3 is 19.7 Å². The summed E-state index contributed by atoms with van der Waals surface area (Å²) in [6.07, 6.45) is 1.81. The van der Waals surface area contributed by atoms with E-state index >= 15 is 0 Å². The Bertz CT molecular complexity index is 1160. The van der Waals surface area contributed by atoms with Crippen LogP contribution in [0, 0.1) is 13.8 Å². The van der Waals surface area contributed by atoms with Gasteiger partial charge in [0.15, 0.2) is 0 Å². The van der Waals surface area contributed by atoms with E-state index in [0.29, 0.717) is 18.7 Å². The molecule has 1 saturated heterocycles. The molecule has 2 N–H and O–H groups in total. The van der Waals surface area contributed by atoms with E-state index in [1.54, 1.807) is 16.7 Å². The van der Waals surface area contributed by atoms with E-state index in [2.05, 4.69) is 36.9 Å². The van der Waals surface area contributed by atoms with Gasteiger partial charge in [0, 0.05) is 61.6 Å². The monoisotopic (exact) mass is 421 g/mol. The Morgan fingerprint density at radius 2 is 1.68 bits per heavy atom. The van der Waals surface area contributed by atoms with Crippen LogP contribution in [0.4, 0.5) is 5.69 Å². The summed E-state index contributed by atoms with van der Waals surface area (Å²) in [6, 6.07) is 10.5. The number of aromatic carboxylic acids is 1. The van der Waals surface area contributed by atoms with Gasteiger partial charge in [-0.1, -0.05) is 23.8 Å². The minimum Gasteiger partial charge on any atom is -0.480 e. The SMILES string of the molecule is Cc1ccc(N2CCN([C@H](C(=O)O)c3cn(C)c4cc(C(=O)O)ccc34)CC2)c(C)c1. The number of nitrogens with zero attached hydrogens (tertiary/aromatic N) is 3. The number of hydrogen-bond donors (Lipinski definition) is 2. The lowest BCUT2D eigenvalue weighted by Crippen LogP contribution is -2.49. The summed E-state index contributed by atoms with van der Waals surface area (Å²) in [7, 11) is 1.81. The highest BCUT2D eigenvalue weighted by Crippen LogP contribution is 2.32. The molecule has 3 aromatic rings. The Morgan fingerprint density at radius 3 is 2.29 bits per heavy atom. The highest BCUT2D eigenvalue weighted by Gasteiger charge is 2.33. The Balaban J connectivity index is 1.61. The summed E-state index contributed by atoms with van der Waals surface area (Å²) in [6.45, 7) is 6.96. The average molecular weight is 421 g/mol. The number of aliphatic carboxylic acids is 1. The zero-order valence-electron chi connectivity index (χ0n) is 18.0. The van der Waals surface area contributed by atoms with Gasteiger partial charge in [0.05, 0.1) is 5.56 Å². The maximum Gasteiger partial charge on any atom is 0.335 e. The number of anilines is 1. The van der Waals surface area contributed by atoms with E-state index in [-0.39, 0.29) is 5.56 Å². The third-order valence-corrected chi connectivity index (χ3v) is 6.17. The second kappa shape index (κ2) is 8.07. The Morgan fingerprint density at radius 1 is 0.968 bits per heavy atom. The molecule has 0 saturated carbocycles. The predicted octanol–water partition coefficient (Wildman–Crippen LogP) is 3.44. The lowest BCUT2D eigenvalue weighted by atomic mass is 10.0. The molecule has 31 heavy (non-hydrogen) atoms. The van der Waals surface area contributed by atoms with Crippen LogP contribution in [0.3, 0.4) is 0 Å². The summed E-state index contributed by atoms with van der Waals surface area (Å²) in [5.41, 5.74) is 5.26. The van der Waals surface area contributed by atoms with E-state index in [9.17, 15) is 19.8 Å². The summed E-state index contributed by atoms with van der Waals surface area (Å²) >= 11 is 0. The lowest BCUT2D eigenvalue weighted by Gasteiger charge is -2.39. The van der Waals surface area contributed by atoms with E-state index in [1.165, 1.54) is 22.9 Å². The van der Waals surface area contributed by atoms with Crippen LogP contribution in [0.1, 0.15) is 33.1 Å². The van der Waals surface area contributed by atoms with Crippen LogP contribution in [0.15, 0.2) is 42.6 Å². The van der Waals surface area contributed by atoms with Gasteiger partial charge in [0.2, 0.25) is 0 Å². The number of hydrogen-bond acceptors (Lipinski definition) is 4. The second-order valence-corrected chi connectivity index (χ2v) is 8.29. The van der Waals surface area contributed by atoms with Crippen molar-refractivity contribution < 1.29 is 19.8 Å². The molecule has 0 spiro atoms. The maximum absolute atomic E-state index is 12.3. The average Bonchev–Trinajstić information content (AvgIpc) is 3.04. The van der Waals surface area contributed by atoms with Crippen molar-refractivity contribution in [3.63, 3.8) is 0 Å². The molecule has 0 amide bonds. The fourth-order valence-corrected chi connectivity index (χ4v) is 4.63. The molecule has 0 bridgehead atoms. The first kappa shape index (κ1) is 20.9. The molecule has 1 aliphatic heterocycles. The number of carboxylic acid groups (broad SMARTS) is 2. The molecule has 4 rings (SSSR count). The van der Waals surface area contributed by atoms with Crippen LogP contribution in [0.2, 0.25) is 0 Å². The van der Waals surface area contributed by atoms with Crippen molar-refractivity contribution in [2.75, 3.05) is 31.1 Å². The fraction of sp³-hybridized carbons (Fsp3) is 0.333.